The molecule has 3 heterocycles. The van der Waals surface area contributed by atoms with Gasteiger partial charge in [-0.05, 0) is 67.9 Å². The fourth-order valence-electron chi connectivity index (χ4n) is 4.43. The molecule has 5 rings (SSSR count). The van der Waals surface area contributed by atoms with Crippen molar-refractivity contribution in [2.75, 3.05) is 62.1 Å². The number of pyridine rings is 1. The summed E-state index contributed by atoms with van der Waals surface area (Å²) in [6.45, 7) is 5.94. The van der Waals surface area contributed by atoms with Gasteiger partial charge in [-0.2, -0.15) is 4.98 Å². The molecule has 0 spiro atoms. The smallest absolute Gasteiger partial charge is 0.247 e. The largest absolute Gasteiger partial charge is 0.378 e. The molecule has 1 fully saturated rings. The SMILES string of the molecule is CSN(C)Cc1ccccc1CNc1cccn2nc(Nc3ccc(N4CCN(C)CC4)cc3)nc12. The molecule has 0 amide bonds. The normalized spacial score (nSPS) is 14.5. The Kier molecular flexibility index (Phi) is 7.60. The van der Waals surface area contributed by atoms with Crippen molar-refractivity contribution in [3.8, 4) is 0 Å². The van der Waals surface area contributed by atoms with Crippen molar-refractivity contribution >= 4 is 40.6 Å². The van der Waals surface area contributed by atoms with Gasteiger partial charge in [0.15, 0.2) is 5.65 Å². The second kappa shape index (κ2) is 11.2. The lowest BCUT2D eigenvalue weighted by Gasteiger charge is -2.34. The van der Waals surface area contributed by atoms with Gasteiger partial charge in [0.1, 0.15) is 0 Å². The van der Waals surface area contributed by atoms with Crippen LogP contribution in [0.3, 0.4) is 0 Å². The Balaban J connectivity index is 1.27. The predicted octanol–water partition coefficient (Wildman–Crippen LogP) is 4.55. The second-order valence-electron chi connectivity index (χ2n) is 9.18. The zero-order chi connectivity index (χ0) is 24.9. The molecule has 9 heteroatoms. The molecular weight excluding hydrogens is 468 g/mol. The van der Waals surface area contributed by atoms with E-state index in [4.69, 9.17) is 4.98 Å². The summed E-state index contributed by atoms with van der Waals surface area (Å²) in [5.41, 5.74) is 6.58. The van der Waals surface area contributed by atoms with Gasteiger partial charge in [0.25, 0.3) is 0 Å². The summed E-state index contributed by atoms with van der Waals surface area (Å²) in [4.78, 5) is 9.58. The molecule has 2 N–H and O–H groups in total. The van der Waals surface area contributed by atoms with E-state index >= 15 is 0 Å². The van der Waals surface area contributed by atoms with Gasteiger partial charge in [-0.15, -0.1) is 5.10 Å². The van der Waals surface area contributed by atoms with Gasteiger partial charge < -0.3 is 20.4 Å². The molecule has 8 nitrogen and oxygen atoms in total. The third kappa shape index (κ3) is 5.75. The highest BCUT2D eigenvalue weighted by atomic mass is 32.2. The first-order chi connectivity index (χ1) is 17.6. The number of rotatable bonds is 9. The number of fused-ring (bicyclic) bond motifs is 1. The topological polar surface area (TPSA) is 64.0 Å². The zero-order valence-corrected chi connectivity index (χ0v) is 22.0. The van der Waals surface area contributed by atoms with Crippen LogP contribution in [0.5, 0.6) is 0 Å². The number of benzene rings is 2. The molecule has 0 saturated carbocycles. The third-order valence-corrected chi connectivity index (χ3v) is 7.40. The molecule has 2 aromatic carbocycles. The van der Waals surface area contributed by atoms with E-state index in [1.165, 1.54) is 16.8 Å². The maximum absolute atomic E-state index is 4.78. The predicted molar refractivity (Wildman–Crippen MR) is 151 cm³/mol. The first-order valence-electron chi connectivity index (χ1n) is 12.3. The van der Waals surface area contributed by atoms with Crippen LogP contribution >= 0.6 is 11.9 Å². The van der Waals surface area contributed by atoms with Crippen LogP contribution < -0.4 is 15.5 Å². The molecule has 0 bridgehead atoms. The number of nitrogens with one attached hydrogen (secondary N) is 2. The van der Waals surface area contributed by atoms with Crippen LogP contribution in [0, 0.1) is 0 Å². The van der Waals surface area contributed by atoms with Crippen molar-refractivity contribution in [2.45, 2.75) is 13.1 Å². The summed E-state index contributed by atoms with van der Waals surface area (Å²) in [6.07, 6.45) is 4.02. The Bertz CT molecular complexity index is 1280. The number of piperazine rings is 1. The fourth-order valence-corrected chi connectivity index (χ4v) is 4.69. The number of hydrogen-bond donors (Lipinski definition) is 2. The summed E-state index contributed by atoms with van der Waals surface area (Å²) in [5, 5.41) is 11.6. The van der Waals surface area contributed by atoms with Gasteiger partial charge in [0, 0.05) is 56.8 Å². The molecule has 0 atom stereocenters. The van der Waals surface area contributed by atoms with E-state index in [1.807, 2.05) is 16.8 Å². The number of likely N-dealkylation sites (N-methyl/N-ethyl adjacent to an activating group) is 1. The minimum Gasteiger partial charge on any atom is -0.378 e. The van der Waals surface area contributed by atoms with E-state index in [9.17, 15) is 0 Å². The Morgan fingerprint density at radius 2 is 1.69 bits per heavy atom. The lowest BCUT2D eigenvalue weighted by atomic mass is 10.1. The van der Waals surface area contributed by atoms with Gasteiger partial charge in [0.2, 0.25) is 5.95 Å². The number of nitrogens with zero attached hydrogens (tertiary/aromatic N) is 6. The van der Waals surface area contributed by atoms with Crippen LogP contribution in [-0.2, 0) is 13.1 Å². The van der Waals surface area contributed by atoms with E-state index < -0.39 is 0 Å². The Morgan fingerprint density at radius 3 is 2.44 bits per heavy atom. The van der Waals surface area contributed by atoms with E-state index in [-0.39, 0.29) is 0 Å². The molecule has 36 heavy (non-hydrogen) atoms. The molecule has 1 saturated heterocycles. The summed E-state index contributed by atoms with van der Waals surface area (Å²) in [6, 6.07) is 21.1. The molecule has 2 aromatic heterocycles. The quantitative estimate of drug-likeness (QED) is 0.323. The average molecular weight is 503 g/mol. The van der Waals surface area contributed by atoms with Gasteiger partial charge in [-0.25, -0.2) is 8.82 Å². The lowest BCUT2D eigenvalue weighted by molar-refractivity contribution is 0.313. The van der Waals surface area contributed by atoms with Crippen molar-refractivity contribution in [1.29, 1.82) is 0 Å². The van der Waals surface area contributed by atoms with Crippen molar-refractivity contribution in [3.05, 3.63) is 78.0 Å². The molecule has 0 aliphatic carbocycles. The van der Waals surface area contributed by atoms with Crippen molar-refractivity contribution in [1.82, 2.24) is 23.8 Å². The highest BCUT2D eigenvalue weighted by molar-refractivity contribution is 7.96. The minimum atomic E-state index is 0.582. The zero-order valence-electron chi connectivity index (χ0n) is 21.2. The third-order valence-electron chi connectivity index (χ3n) is 6.65. The lowest BCUT2D eigenvalue weighted by Crippen LogP contribution is -2.44. The fraction of sp³-hybridized carbons (Fsp3) is 0.333. The van der Waals surface area contributed by atoms with Crippen LogP contribution in [-0.4, -0.2) is 70.3 Å². The standard InChI is InChI=1S/C27H34N8S/c1-32-15-17-34(18-16-32)24-12-10-23(11-13-24)29-27-30-26-25(9-6-14-35(26)31-27)28-19-21-7-4-5-8-22(21)20-33(2)36-3/h4-14,28H,15-20H2,1-3H3,(H,29,31). The van der Waals surface area contributed by atoms with Gasteiger partial charge in [0.05, 0.1) is 5.69 Å². The molecular formula is C27H34N8S. The minimum absolute atomic E-state index is 0.582. The Morgan fingerprint density at radius 1 is 0.944 bits per heavy atom. The average Bonchev–Trinajstić information content (AvgIpc) is 3.32. The molecule has 1 aliphatic rings. The van der Waals surface area contributed by atoms with Crippen LogP contribution in [0.4, 0.5) is 23.0 Å². The van der Waals surface area contributed by atoms with Crippen LogP contribution in [0.2, 0.25) is 0 Å². The van der Waals surface area contributed by atoms with Gasteiger partial charge >= 0.3 is 0 Å². The van der Waals surface area contributed by atoms with E-state index in [0.29, 0.717) is 5.95 Å². The molecule has 4 aromatic rings. The number of aromatic nitrogens is 3. The highest BCUT2D eigenvalue weighted by Gasteiger charge is 2.14. The molecule has 0 radical (unpaired) electrons. The summed E-state index contributed by atoms with van der Waals surface area (Å²) < 4.78 is 4.05. The van der Waals surface area contributed by atoms with Crippen molar-refractivity contribution in [3.63, 3.8) is 0 Å². The monoisotopic (exact) mass is 502 g/mol. The first-order valence-corrected chi connectivity index (χ1v) is 13.5. The molecule has 0 unspecified atom stereocenters. The number of anilines is 4. The molecule has 188 valence electrons. The second-order valence-corrected chi connectivity index (χ2v) is 10.2. The Labute approximate surface area is 217 Å². The summed E-state index contributed by atoms with van der Waals surface area (Å²) in [7, 11) is 4.29. The van der Waals surface area contributed by atoms with E-state index in [2.05, 4.69) is 105 Å². The molecule has 1 aliphatic heterocycles. The van der Waals surface area contributed by atoms with Crippen LogP contribution in [0.1, 0.15) is 11.1 Å². The summed E-state index contributed by atoms with van der Waals surface area (Å²) >= 11 is 1.74. The highest BCUT2D eigenvalue weighted by Crippen LogP contribution is 2.23. The maximum atomic E-state index is 4.78. The van der Waals surface area contributed by atoms with Gasteiger partial charge in [-0.3, -0.25) is 0 Å². The van der Waals surface area contributed by atoms with E-state index in [0.717, 1.165) is 56.3 Å². The van der Waals surface area contributed by atoms with Crippen LogP contribution in [0.25, 0.3) is 5.65 Å². The van der Waals surface area contributed by atoms with E-state index in [1.54, 1.807) is 11.9 Å². The van der Waals surface area contributed by atoms with Crippen molar-refractivity contribution in [2.24, 2.45) is 0 Å². The Hall–Kier alpha value is -3.27. The summed E-state index contributed by atoms with van der Waals surface area (Å²) in [5.74, 6) is 0.582. The van der Waals surface area contributed by atoms with Gasteiger partial charge in [-0.1, -0.05) is 36.2 Å². The van der Waals surface area contributed by atoms with Crippen LogP contribution in [0.15, 0.2) is 66.9 Å². The maximum Gasteiger partial charge on any atom is 0.247 e. The first kappa shape index (κ1) is 24.4. The van der Waals surface area contributed by atoms with Crippen molar-refractivity contribution < 1.29 is 0 Å². The number of hydrogen-bond acceptors (Lipinski definition) is 8.